The summed E-state index contributed by atoms with van der Waals surface area (Å²) in [5.74, 6) is 0. The van der Waals surface area contributed by atoms with Gasteiger partial charge in [-0.2, -0.15) is 5.10 Å². The van der Waals surface area contributed by atoms with Gasteiger partial charge in [-0.05, 0) is 17.0 Å². The Morgan fingerprint density at radius 3 is 1.65 bits per heavy atom. The molecule has 0 radical (unpaired) electrons. The van der Waals surface area contributed by atoms with Gasteiger partial charge in [-0.25, -0.2) is 4.52 Å². The minimum atomic E-state index is 0.980. The highest BCUT2D eigenvalue weighted by atomic mass is 15.2. The van der Waals surface area contributed by atoms with E-state index in [1.165, 1.54) is 21.9 Å². The lowest BCUT2D eigenvalue weighted by Crippen LogP contribution is -1.99. The maximum atomic E-state index is 5.11. The SMILES string of the molecule is c1ccc(-c2cc3c4ccccc4c(-c4ccccc4)c(-c4ccccc4)n3n2)cc1. The van der Waals surface area contributed by atoms with Crippen LogP contribution >= 0.6 is 0 Å². The van der Waals surface area contributed by atoms with E-state index in [4.69, 9.17) is 5.10 Å². The van der Waals surface area contributed by atoms with E-state index in [1.54, 1.807) is 0 Å². The standard InChI is InChI=1S/C29H20N2/c1-4-12-21(13-5-1)26-20-27-24-18-10-11-19-25(24)28(22-14-6-2-7-15-22)29(31(27)30-26)23-16-8-3-9-17-23/h1-20H. The zero-order valence-electron chi connectivity index (χ0n) is 16.9. The minimum absolute atomic E-state index is 0.980. The van der Waals surface area contributed by atoms with E-state index in [2.05, 4.69) is 120 Å². The van der Waals surface area contributed by atoms with E-state index >= 15 is 0 Å². The van der Waals surface area contributed by atoms with Gasteiger partial charge in [0.05, 0.1) is 16.9 Å². The number of fused-ring (bicyclic) bond motifs is 3. The molecule has 0 aliphatic heterocycles. The molecule has 6 rings (SSSR count). The second kappa shape index (κ2) is 7.26. The summed E-state index contributed by atoms with van der Waals surface area (Å²) in [7, 11) is 0. The molecule has 146 valence electrons. The molecule has 0 atom stereocenters. The molecule has 4 aromatic carbocycles. The van der Waals surface area contributed by atoms with Gasteiger partial charge in [-0.1, -0.05) is 115 Å². The van der Waals surface area contributed by atoms with Crippen molar-refractivity contribution in [3.05, 3.63) is 121 Å². The molecule has 2 heteroatoms. The number of hydrogen-bond donors (Lipinski definition) is 0. The van der Waals surface area contributed by atoms with Crippen molar-refractivity contribution in [3.8, 4) is 33.6 Å². The molecule has 0 bridgehead atoms. The van der Waals surface area contributed by atoms with Gasteiger partial charge in [0.25, 0.3) is 0 Å². The van der Waals surface area contributed by atoms with Gasteiger partial charge in [0.1, 0.15) is 0 Å². The van der Waals surface area contributed by atoms with Crippen molar-refractivity contribution in [2.45, 2.75) is 0 Å². The maximum Gasteiger partial charge on any atom is 0.0934 e. The van der Waals surface area contributed by atoms with Crippen molar-refractivity contribution >= 4 is 16.3 Å². The van der Waals surface area contributed by atoms with Gasteiger partial charge < -0.3 is 0 Å². The molecular weight excluding hydrogens is 376 g/mol. The van der Waals surface area contributed by atoms with E-state index in [9.17, 15) is 0 Å². The summed E-state index contributed by atoms with van der Waals surface area (Å²) < 4.78 is 2.13. The van der Waals surface area contributed by atoms with Crippen LogP contribution < -0.4 is 0 Å². The Labute approximate surface area is 181 Å². The monoisotopic (exact) mass is 396 g/mol. The average Bonchev–Trinajstić information content (AvgIpc) is 3.30. The van der Waals surface area contributed by atoms with Crippen LogP contribution in [0.3, 0.4) is 0 Å². The number of benzene rings is 4. The van der Waals surface area contributed by atoms with Gasteiger partial charge in [0.15, 0.2) is 0 Å². The third kappa shape index (κ3) is 2.92. The van der Waals surface area contributed by atoms with Crippen molar-refractivity contribution in [3.63, 3.8) is 0 Å². The highest BCUT2D eigenvalue weighted by molar-refractivity contribution is 6.09. The third-order valence-electron chi connectivity index (χ3n) is 5.81. The second-order valence-electron chi connectivity index (χ2n) is 7.69. The Morgan fingerprint density at radius 1 is 0.484 bits per heavy atom. The summed E-state index contributed by atoms with van der Waals surface area (Å²) in [5, 5.41) is 7.55. The van der Waals surface area contributed by atoms with Crippen molar-refractivity contribution in [2.75, 3.05) is 0 Å². The first-order chi connectivity index (χ1) is 15.4. The van der Waals surface area contributed by atoms with Crippen LogP contribution in [0.1, 0.15) is 0 Å². The number of pyridine rings is 1. The van der Waals surface area contributed by atoms with Crippen molar-refractivity contribution < 1.29 is 0 Å². The first-order valence-corrected chi connectivity index (χ1v) is 10.5. The van der Waals surface area contributed by atoms with Crippen LogP contribution in [0.4, 0.5) is 0 Å². The number of aromatic nitrogens is 2. The Balaban J connectivity index is 1.81. The summed E-state index contributed by atoms with van der Waals surface area (Å²) in [6.45, 7) is 0. The van der Waals surface area contributed by atoms with Crippen molar-refractivity contribution in [2.24, 2.45) is 0 Å². The van der Waals surface area contributed by atoms with Crippen molar-refractivity contribution in [1.29, 1.82) is 0 Å². The Hall–Kier alpha value is -4.17. The molecule has 0 unspecified atom stereocenters. The summed E-state index contributed by atoms with van der Waals surface area (Å²) in [4.78, 5) is 0. The Morgan fingerprint density at radius 2 is 1.00 bits per heavy atom. The van der Waals surface area contributed by atoms with Crippen LogP contribution in [0.25, 0.3) is 49.9 Å². The molecule has 0 aliphatic rings. The molecule has 0 saturated carbocycles. The third-order valence-corrected chi connectivity index (χ3v) is 5.81. The highest BCUT2D eigenvalue weighted by Gasteiger charge is 2.19. The fourth-order valence-corrected chi connectivity index (χ4v) is 4.41. The van der Waals surface area contributed by atoms with Gasteiger partial charge in [-0.15, -0.1) is 0 Å². The predicted molar refractivity (Wildman–Crippen MR) is 129 cm³/mol. The summed E-state index contributed by atoms with van der Waals surface area (Å²) in [6, 6.07) is 42.4. The fourth-order valence-electron chi connectivity index (χ4n) is 4.41. The molecule has 0 aliphatic carbocycles. The van der Waals surface area contributed by atoms with Crippen LogP contribution in [0.15, 0.2) is 121 Å². The fraction of sp³-hybridized carbons (Fsp3) is 0. The molecule has 31 heavy (non-hydrogen) atoms. The van der Waals surface area contributed by atoms with Gasteiger partial charge in [0, 0.05) is 22.1 Å². The largest absolute Gasteiger partial charge is 0.231 e. The first kappa shape index (κ1) is 17.7. The van der Waals surface area contributed by atoms with Crippen molar-refractivity contribution in [1.82, 2.24) is 9.61 Å². The highest BCUT2D eigenvalue weighted by Crippen LogP contribution is 2.40. The van der Waals surface area contributed by atoms with Gasteiger partial charge in [0.2, 0.25) is 0 Å². The Bertz CT molecular complexity index is 1500. The molecule has 2 nitrogen and oxygen atoms in total. The summed E-state index contributed by atoms with van der Waals surface area (Å²) >= 11 is 0. The van der Waals surface area contributed by atoms with E-state index in [0.717, 1.165) is 28.0 Å². The molecule has 6 aromatic rings. The number of hydrogen-bond acceptors (Lipinski definition) is 1. The second-order valence-corrected chi connectivity index (χ2v) is 7.69. The maximum absolute atomic E-state index is 5.11. The molecule has 0 N–H and O–H groups in total. The quantitative estimate of drug-likeness (QED) is 0.303. The normalized spacial score (nSPS) is 11.2. The predicted octanol–water partition coefficient (Wildman–Crippen LogP) is 7.49. The summed E-state index contributed by atoms with van der Waals surface area (Å²) in [6.07, 6.45) is 0. The van der Waals surface area contributed by atoms with E-state index in [0.29, 0.717) is 0 Å². The van der Waals surface area contributed by atoms with Crippen LogP contribution in [0.5, 0.6) is 0 Å². The van der Waals surface area contributed by atoms with Crippen LogP contribution in [-0.2, 0) is 0 Å². The van der Waals surface area contributed by atoms with Gasteiger partial charge >= 0.3 is 0 Å². The molecule has 2 heterocycles. The Kier molecular flexibility index (Phi) is 4.14. The number of rotatable bonds is 3. The average molecular weight is 396 g/mol. The van der Waals surface area contributed by atoms with E-state index in [1.807, 2.05) is 6.07 Å². The zero-order chi connectivity index (χ0) is 20.6. The summed E-state index contributed by atoms with van der Waals surface area (Å²) in [5.41, 5.74) is 7.88. The van der Waals surface area contributed by atoms with E-state index in [-0.39, 0.29) is 0 Å². The molecule has 2 aromatic heterocycles. The lowest BCUT2D eigenvalue weighted by atomic mass is 9.93. The zero-order valence-corrected chi connectivity index (χ0v) is 16.9. The smallest absolute Gasteiger partial charge is 0.0934 e. The topological polar surface area (TPSA) is 17.3 Å². The minimum Gasteiger partial charge on any atom is -0.231 e. The van der Waals surface area contributed by atoms with Crippen LogP contribution in [-0.4, -0.2) is 9.61 Å². The number of nitrogens with zero attached hydrogens (tertiary/aromatic N) is 2. The lowest BCUT2D eigenvalue weighted by Gasteiger charge is -2.16. The first-order valence-electron chi connectivity index (χ1n) is 10.5. The molecule has 0 amide bonds. The van der Waals surface area contributed by atoms with Crippen LogP contribution in [0.2, 0.25) is 0 Å². The van der Waals surface area contributed by atoms with E-state index < -0.39 is 0 Å². The molecule has 0 fully saturated rings. The molecule has 0 saturated heterocycles. The molecular formula is C29H20N2. The molecule has 0 spiro atoms. The lowest BCUT2D eigenvalue weighted by molar-refractivity contribution is 0.981. The van der Waals surface area contributed by atoms with Gasteiger partial charge in [-0.3, -0.25) is 0 Å². The van der Waals surface area contributed by atoms with Crippen LogP contribution in [0, 0.1) is 0 Å².